The van der Waals surface area contributed by atoms with Crippen LogP contribution in [0.15, 0.2) is 71.5 Å². The molecule has 5 aromatic rings. The molecule has 1 saturated heterocycles. The molecular formula is C29H22FNO2S. The number of fused-ring (bicyclic) bond motifs is 5. The van der Waals surface area contributed by atoms with E-state index in [9.17, 15) is 14.0 Å². The van der Waals surface area contributed by atoms with E-state index in [-0.39, 0.29) is 17.0 Å². The number of nitrogens with zero attached hydrogens (tertiary/aromatic N) is 1. The summed E-state index contributed by atoms with van der Waals surface area (Å²) in [5, 5.41) is 3.57. The van der Waals surface area contributed by atoms with Gasteiger partial charge in [0.05, 0.1) is 0 Å². The van der Waals surface area contributed by atoms with Gasteiger partial charge in [-0.05, 0) is 73.2 Å². The number of benzene rings is 3. The Morgan fingerprint density at radius 1 is 0.824 bits per heavy atom. The zero-order valence-electron chi connectivity index (χ0n) is 18.7. The third-order valence-electron chi connectivity index (χ3n) is 6.79. The molecular weight excluding hydrogens is 445 g/mol. The summed E-state index contributed by atoms with van der Waals surface area (Å²) in [5.74, 6) is -0.334. The van der Waals surface area contributed by atoms with Crippen molar-refractivity contribution in [2.24, 2.45) is 0 Å². The Balaban J connectivity index is 1.70. The fourth-order valence-corrected chi connectivity index (χ4v) is 6.18. The predicted molar refractivity (Wildman–Crippen MR) is 140 cm³/mol. The number of thiophene rings is 1. The van der Waals surface area contributed by atoms with Crippen LogP contribution in [0.25, 0.3) is 42.1 Å². The number of Topliss-reactive ketones (excluding diaryl/α,β-unsaturated/α-hetero) is 1. The average Bonchev–Trinajstić information content (AvgIpc) is 3.52. The van der Waals surface area contributed by atoms with Crippen molar-refractivity contribution in [1.82, 2.24) is 0 Å². The summed E-state index contributed by atoms with van der Waals surface area (Å²) < 4.78 is 15.3. The third-order valence-corrected chi connectivity index (χ3v) is 8.01. The van der Waals surface area contributed by atoms with Gasteiger partial charge in [0.25, 0.3) is 0 Å². The molecule has 0 aliphatic carbocycles. The maximum absolute atomic E-state index is 14.3. The minimum Gasteiger partial charge on any atom is -0.372 e. The molecule has 0 N–H and O–H groups in total. The molecule has 5 heteroatoms. The highest BCUT2D eigenvalue weighted by Gasteiger charge is 2.17. The second-order valence-corrected chi connectivity index (χ2v) is 9.98. The molecule has 0 atom stereocenters. The van der Waals surface area contributed by atoms with Gasteiger partial charge in [-0.15, -0.1) is 11.3 Å². The number of carbonyl (C=O) groups excluding carboxylic acids is 1. The maximum Gasteiger partial charge on any atom is 0.194 e. The summed E-state index contributed by atoms with van der Waals surface area (Å²) in [7, 11) is 0. The van der Waals surface area contributed by atoms with Crippen molar-refractivity contribution in [3.05, 3.63) is 88.3 Å². The number of ketones is 1. The Bertz CT molecular complexity index is 1660. The van der Waals surface area contributed by atoms with Gasteiger partial charge in [0, 0.05) is 55.5 Å². The average molecular weight is 468 g/mol. The van der Waals surface area contributed by atoms with Crippen molar-refractivity contribution in [3.63, 3.8) is 0 Å². The van der Waals surface area contributed by atoms with Gasteiger partial charge in [-0.1, -0.05) is 24.3 Å². The molecule has 168 valence electrons. The van der Waals surface area contributed by atoms with Crippen molar-refractivity contribution < 1.29 is 9.18 Å². The molecule has 3 nitrogen and oxygen atoms in total. The Labute approximate surface area is 200 Å². The minimum atomic E-state index is -0.361. The highest BCUT2D eigenvalue weighted by molar-refractivity contribution is 7.23. The number of rotatable bonds is 3. The van der Waals surface area contributed by atoms with Gasteiger partial charge in [-0.25, -0.2) is 4.39 Å². The van der Waals surface area contributed by atoms with E-state index in [4.69, 9.17) is 0 Å². The molecule has 0 saturated carbocycles. The minimum absolute atomic E-state index is 0.0276. The summed E-state index contributed by atoms with van der Waals surface area (Å²) in [5.41, 5.74) is 2.70. The molecule has 1 aliphatic heterocycles. The van der Waals surface area contributed by atoms with Crippen LogP contribution in [0.1, 0.15) is 30.1 Å². The second-order valence-electron chi connectivity index (χ2n) is 8.93. The zero-order valence-corrected chi connectivity index (χ0v) is 19.5. The molecule has 2 heterocycles. The summed E-state index contributed by atoms with van der Waals surface area (Å²) in [6, 6.07) is 20.1. The lowest BCUT2D eigenvalue weighted by molar-refractivity contribution is 0.101. The van der Waals surface area contributed by atoms with E-state index in [2.05, 4.69) is 11.0 Å². The lowest BCUT2D eigenvalue weighted by Crippen LogP contribution is -2.17. The smallest absolute Gasteiger partial charge is 0.194 e. The highest BCUT2D eigenvalue weighted by Crippen LogP contribution is 2.40. The lowest BCUT2D eigenvalue weighted by atomic mass is 10.1. The molecule has 0 amide bonds. The summed E-state index contributed by atoms with van der Waals surface area (Å²) in [6.07, 6.45) is 2.34. The van der Waals surface area contributed by atoms with Crippen LogP contribution >= 0.6 is 11.3 Å². The Kier molecular flexibility index (Phi) is 4.96. The fourth-order valence-electron chi connectivity index (χ4n) is 4.98. The molecule has 0 unspecified atom stereocenters. The molecule has 4 aromatic carbocycles. The van der Waals surface area contributed by atoms with Crippen molar-refractivity contribution >= 4 is 54.4 Å². The number of halogens is 1. The first-order valence-electron chi connectivity index (χ1n) is 11.5. The van der Waals surface area contributed by atoms with Crippen molar-refractivity contribution in [2.75, 3.05) is 18.0 Å². The quantitative estimate of drug-likeness (QED) is 0.264. The van der Waals surface area contributed by atoms with Gasteiger partial charge in [0.2, 0.25) is 0 Å². The zero-order chi connectivity index (χ0) is 23.4. The monoisotopic (exact) mass is 467 g/mol. The van der Waals surface area contributed by atoms with Crippen molar-refractivity contribution in [2.45, 2.75) is 19.8 Å². The Hall–Kier alpha value is -3.57. The van der Waals surface area contributed by atoms with E-state index in [1.54, 1.807) is 24.3 Å². The summed E-state index contributed by atoms with van der Waals surface area (Å²) in [4.78, 5) is 28.6. The van der Waals surface area contributed by atoms with Crippen LogP contribution in [-0.4, -0.2) is 18.9 Å². The van der Waals surface area contributed by atoms with Crippen LogP contribution in [0, 0.1) is 5.82 Å². The lowest BCUT2D eigenvalue weighted by Gasteiger charge is -2.17. The van der Waals surface area contributed by atoms with Crippen LogP contribution in [0.5, 0.6) is 0 Å². The van der Waals surface area contributed by atoms with E-state index in [1.807, 2.05) is 42.5 Å². The SMILES string of the molecule is CC(=O)c1ccc(-c2cc3c4cc(F)ccc4c(=O)c4ccc(N5CCCC5)cc4c3s2)cc1. The van der Waals surface area contributed by atoms with Crippen LogP contribution in [-0.2, 0) is 0 Å². The van der Waals surface area contributed by atoms with Crippen LogP contribution in [0.3, 0.4) is 0 Å². The van der Waals surface area contributed by atoms with Gasteiger partial charge in [0.1, 0.15) is 5.82 Å². The van der Waals surface area contributed by atoms with Crippen LogP contribution < -0.4 is 10.3 Å². The first-order chi connectivity index (χ1) is 16.5. The number of anilines is 1. The Morgan fingerprint density at radius 3 is 2.24 bits per heavy atom. The fraction of sp³-hybridized carbons (Fsp3) is 0.172. The predicted octanol–water partition coefficient (Wildman–Crippen LogP) is 7.18. The number of carbonyl (C=O) groups is 1. The number of hydrogen-bond donors (Lipinski definition) is 0. The topological polar surface area (TPSA) is 37.4 Å². The van der Waals surface area contributed by atoms with Crippen LogP contribution in [0.2, 0.25) is 0 Å². The van der Waals surface area contributed by atoms with E-state index in [0.717, 1.165) is 44.7 Å². The summed E-state index contributed by atoms with van der Waals surface area (Å²) in [6.45, 7) is 3.59. The van der Waals surface area contributed by atoms with Gasteiger partial charge in [0.15, 0.2) is 11.2 Å². The molecule has 1 aliphatic rings. The van der Waals surface area contributed by atoms with E-state index < -0.39 is 0 Å². The molecule has 0 spiro atoms. The molecule has 0 bridgehead atoms. The number of hydrogen-bond acceptors (Lipinski definition) is 4. The third kappa shape index (κ3) is 3.39. The van der Waals surface area contributed by atoms with Crippen molar-refractivity contribution in [1.29, 1.82) is 0 Å². The normalized spacial score (nSPS) is 13.9. The molecule has 1 aromatic heterocycles. The molecule has 1 fully saturated rings. The molecule has 6 rings (SSSR count). The van der Waals surface area contributed by atoms with E-state index >= 15 is 0 Å². The highest BCUT2D eigenvalue weighted by atomic mass is 32.1. The van der Waals surface area contributed by atoms with Gasteiger partial charge in [-0.2, -0.15) is 0 Å². The van der Waals surface area contributed by atoms with Crippen LogP contribution in [0.4, 0.5) is 10.1 Å². The van der Waals surface area contributed by atoms with E-state index in [0.29, 0.717) is 21.7 Å². The standard InChI is InChI=1S/C29H22FNO2S/c1-17(32)18-4-6-19(7-5-18)27-16-26-24-14-20(30)8-10-22(24)28(33)23-11-9-21(31-12-2-3-13-31)15-25(23)29(26)34-27/h4-11,14-16H,2-3,12-13H2,1H3. The molecule has 34 heavy (non-hydrogen) atoms. The summed E-state index contributed by atoms with van der Waals surface area (Å²) >= 11 is 1.60. The van der Waals surface area contributed by atoms with Gasteiger partial charge < -0.3 is 4.90 Å². The second kappa shape index (κ2) is 8.03. The first-order valence-corrected chi connectivity index (χ1v) is 12.3. The Morgan fingerprint density at radius 2 is 1.50 bits per heavy atom. The largest absolute Gasteiger partial charge is 0.372 e. The maximum atomic E-state index is 14.3. The van der Waals surface area contributed by atoms with Gasteiger partial charge >= 0.3 is 0 Å². The molecule has 0 radical (unpaired) electrons. The van der Waals surface area contributed by atoms with Gasteiger partial charge in [-0.3, -0.25) is 9.59 Å². The van der Waals surface area contributed by atoms with E-state index in [1.165, 1.54) is 25.0 Å². The van der Waals surface area contributed by atoms with Crippen molar-refractivity contribution in [3.8, 4) is 10.4 Å². The first kappa shape index (κ1) is 21.0.